The van der Waals surface area contributed by atoms with Crippen LogP contribution in [0.5, 0.6) is 0 Å². The van der Waals surface area contributed by atoms with Gasteiger partial charge in [-0.3, -0.25) is 14.4 Å². The Balaban J connectivity index is 4.57. The first-order valence-electron chi connectivity index (χ1n) is 27.4. The number of allylic oxidation sites excluding steroid dienone is 18. The summed E-state index contributed by atoms with van der Waals surface area (Å²) in [5, 5.41) is 0. The van der Waals surface area contributed by atoms with E-state index in [1.54, 1.807) is 0 Å². The fraction of sp³-hybridized carbons (Fsp3) is 0.656. The highest BCUT2D eigenvalue weighted by molar-refractivity contribution is 5.71. The maximum absolute atomic E-state index is 12.8. The van der Waals surface area contributed by atoms with Gasteiger partial charge >= 0.3 is 17.9 Å². The first-order chi connectivity index (χ1) is 33.0. The summed E-state index contributed by atoms with van der Waals surface area (Å²) in [7, 11) is 0. The molecule has 6 heteroatoms. The number of esters is 3. The van der Waals surface area contributed by atoms with Gasteiger partial charge in [0.1, 0.15) is 13.2 Å². The second-order valence-corrected chi connectivity index (χ2v) is 17.8. The molecule has 0 aliphatic rings. The van der Waals surface area contributed by atoms with Gasteiger partial charge in [0, 0.05) is 19.3 Å². The van der Waals surface area contributed by atoms with Gasteiger partial charge in [-0.2, -0.15) is 0 Å². The van der Waals surface area contributed by atoms with Crippen LogP contribution in [-0.2, 0) is 28.6 Å². The van der Waals surface area contributed by atoms with Crippen LogP contribution in [0.4, 0.5) is 0 Å². The van der Waals surface area contributed by atoms with Crippen molar-refractivity contribution in [3.63, 3.8) is 0 Å². The Labute approximate surface area is 412 Å². The fourth-order valence-electron chi connectivity index (χ4n) is 7.14. The van der Waals surface area contributed by atoms with Gasteiger partial charge in [-0.05, 0) is 116 Å². The number of ether oxygens (including phenoxy) is 3. The van der Waals surface area contributed by atoms with E-state index in [0.717, 1.165) is 96.3 Å². The lowest BCUT2D eigenvalue weighted by Crippen LogP contribution is -2.30. The Hall–Kier alpha value is -3.93. The summed E-state index contributed by atoms with van der Waals surface area (Å²) >= 11 is 0. The highest BCUT2D eigenvalue weighted by atomic mass is 16.6. The summed E-state index contributed by atoms with van der Waals surface area (Å²) < 4.78 is 16.7. The molecule has 1 unspecified atom stereocenters. The molecule has 0 saturated heterocycles. The number of rotatable bonds is 48. The summed E-state index contributed by atoms with van der Waals surface area (Å²) in [4.78, 5) is 38.0. The normalized spacial score (nSPS) is 12.9. The van der Waals surface area contributed by atoms with Crippen LogP contribution in [0.2, 0.25) is 0 Å². The van der Waals surface area contributed by atoms with Crippen LogP contribution < -0.4 is 0 Å². The molecule has 6 nitrogen and oxygen atoms in total. The summed E-state index contributed by atoms with van der Waals surface area (Å²) in [6.45, 7) is 6.41. The van der Waals surface area contributed by atoms with Crippen LogP contribution >= 0.6 is 0 Å². The van der Waals surface area contributed by atoms with E-state index in [1.807, 2.05) is 0 Å². The zero-order chi connectivity index (χ0) is 48.6. The van der Waals surface area contributed by atoms with Crippen LogP contribution in [0, 0.1) is 0 Å². The zero-order valence-corrected chi connectivity index (χ0v) is 43.4. The molecule has 0 heterocycles. The predicted octanol–water partition coefficient (Wildman–Crippen LogP) is 18.3. The van der Waals surface area contributed by atoms with Gasteiger partial charge in [0.15, 0.2) is 6.10 Å². The van der Waals surface area contributed by atoms with Crippen LogP contribution in [-0.4, -0.2) is 37.2 Å². The van der Waals surface area contributed by atoms with Crippen LogP contribution in [0.15, 0.2) is 109 Å². The molecule has 0 N–H and O–H groups in total. The van der Waals surface area contributed by atoms with Crippen LogP contribution in [0.3, 0.4) is 0 Å². The van der Waals surface area contributed by atoms with E-state index in [9.17, 15) is 14.4 Å². The van der Waals surface area contributed by atoms with Crippen LogP contribution in [0.25, 0.3) is 0 Å². The Bertz CT molecular complexity index is 1390. The number of unbranched alkanes of at least 4 members (excludes halogenated alkanes) is 20. The van der Waals surface area contributed by atoms with Gasteiger partial charge in [0.05, 0.1) is 0 Å². The average Bonchev–Trinajstić information content (AvgIpc) is 3.33. The molecule has 0 aromatic heterocycles. The zero-order valence-electron chi connectivity index (χ0n) is 43.4. The molecular formula is C61H100O6. The Kier molecular flexibility index (Phi) is 51.5. The van der Waals surface area contributed by atoms with E-state index in [1.165, 1.54) is 89.9 Å². The van der Waals surface area contributed by atoms with Gasteiger partial charge < -0.3 is 14.2 Å². The van der Waals surface area contributed by atoms with Crippen LogP contribution in [0.1, 0.15) is 239 Å². The Morgan fingerprint density at radius 1 is 0.328 bits per heavy atom. The largest absolute Gasteiger partial charge is 0.462 e. The average molecular weight is 929 g/mol. The van der Waals surface area contributed by atoms with E-state index in [4.69, 9.17) is 14.2 Å². The lowest BCUT2D eigenvalue weighted by molar-refractivity contribution is -0.167. The molecule has 1 atom stereocenters. The third kappa shape index (κ3) is 52.9. The Morgan fingerprint density at radius 2 is 0.642 bits per heavy atom. The number of carbonyl (C=O) groups excluding carboxylic acids is 3. The maximum atomic E-state index is 12.8. The third-order valence-corrected chi connectivity index (χ3v) is 11.3. The van der Waals surface area contributed by atoms with Crippen molar-refractivity contribution in [1.82, 2.24) is 0 Å². The lowest BCUT2D eigenvalue weighted by atomic mass is 10.1. The molecule has 0 radical (unpaired) electrons. The van der Waals surface area contributed by atoms with Gasteiger partial charge in [0.25, 0.3) is 0 Å². The van der Waals surface area contributed by atoms with Crippen molar-refractivity contribution in [3.05, 3.63) is 109 Å². The summed E-state index contributed by atoms with van der Waals surface area (Å²) in [6, 6.07) is 0. The molecule has 0 rings (SSSR count). The SMILES string of the molecule is CC/C=C\C/C=C\C/C=C\C/C=C\CCCCCC(=O)OC(COC(=O)CCC/C=C\C/C=C\C/C=C\CCCCCCCC)COC(=O)CCCCC/C=C\C=C/CCCCCCCCC. The van der Waals surface area contributed by atoms with E-state index in [0.29, 0.717) is 19.3 Å². The number of carbonyl (C=O) groups is 3. The molecule has 0 aliphatic heterocycles. The lowest BCUT2D eigenvalue weighted by Gasteiger charge is -2.18. The molecule has 380 valence electrons. The molecule has 0 saturated carbocycles. The fourth-order valence-corrected chi connectivity index (χ4v) is 7.14. The molecule has 0 aromatic rings. The van der Waals surface area contributed by atoms with Crippen molar-refractivity contribution in [2.75, 3.05) is 13.2 Å². The van der Waals surface area contributed by atoms with Gasteiger partial charge in [0.2, 0.25) is 0 Å². The molecule has 0 spiro atoms. The molecule has 0 bridgehead atoms. The second-order valence-electron chi connectivity index (χ2n) is 17.8. The van der Waals surface area contributed by atoms with E-state index < -0.39 is 6.10 Å². The van der Waals surface area contributed by atoms with Gasteiger partial charge in [-0.1, -0.05) is 214 Å². The first-order valence-corrected chi connectivity index (χ1v) is 27.4. The topological polar surface area (TPSA) is 78.9 Å². The minimum Gasteiger partial charge on any atom is -0.462 e. The minimum absolute atomic E-state index is 0.122. The Morgan fingerprint density at radius 3 is 1.06 bits per heavy atom. The molecule has 0 aromatic carbocycles. The first kappa shape index (κ1) is 63.1. The minimum atomic E-state index is -0.828. The standard InChI is InChI=1S/C61H100O6/c1-4-7-10-13-16-19-22-25-28-31-34-36-39-42-45-48-51-54-60(63)66-57-58(67-61(64)55-52-49-46-43-40-37-33-30-27-24-21-18-15-12-9-6-3)56-65-59(62)53-50-47-44-41-38-35-32-29-26-23-20-17-14-11-8-5-2/h9,12,18,21,25,27-30,32,34-38,40,42,45,58H,4-8,10-11,13-17,19-20,22-24,26,31,33,39,41,43-44,46-57H2,1-3H3/b12-9-,21-18-,28-25-,30-27-,32-29-,36-34-,38-35-,40-37-,45-42-. The predicted molar refractivity (Wildman–Crippen MR) is 288 cm³/mol. The van der Waals surface area contributed by atoms with Gasteiger partial charge in [-0.15, -0.1) is 0 Å². The van der Waals surface area contributed by atoms with Crippen molar-refractivity contribution in [1.29, 1.82) is 0 Å². The molecular weight excluding hydrogens is 829 g/mol. The monoisotopic (exact) mass is 929 g/mol. The highest BCUT2D eigenvalue weighted by Gasteiger charge is 2.19. The maximum Gasteiger partial charge on any atom is 0.306 e. The molecule has 67 heavy (non-hydrogen) atoms. The molecule has 0 aliphatic carbocycles. The van der Waals surface area contributed by atoms with Crippen molar-refractivity contribution in [2.45, 2.75) is 245 Å². The van der Waals surface area contributed by atoms with E-state index in [2.05, 4.69) is 130 Å². The summed E-state index contributed by atoms with van der Waals surface area (Å²) in [5.74, 6) is -1.03. The van der Waals surface area contributed by atoms with E-state index in [-0.39, 0.29) is 44.0 Å². The van der Waals surface area contributed by atoms with E-state index >= 15 is 0 Å². The van der Waals surface area contributed by atoms with Crippen molar-refractivity contribution in [3.8, 4) is 0 Å². The van der Waals surface area contributed by atoms with Gasteiger partial charge in [-0.25, -0.2) is 0 Å². The number of hydrogen-bond donors (Lipinski definition) is 0. The smallest absolute Gasteiger partial charge is 0.306 e. The molecule has 0 fully saturated rings. The summed E-state index contributed by atoms with van der Waals surface area (Å²) in [5.41, 5.74) is 0. The highest BCUT2D eigenvalue weighted by Crippen LogP contribution is 2.12. The quantitative estimate of drug-likeness (QED) is 0.0199. The summed E-state index contributed by atoms with van der Waals surface area (Å²) in [6.07, 6.45) is 73.7. The van der Waals surface area contributed by atoms with Crippen molar-refractivity contribution >= 4 is 17.9 Å². The molecule has 0 amide bonds. The third-order valence-electron chi connectivity index (χ3n) is 11.3. The van der Waals surface area contributed by atoms with Crippen molar-refractivity contribution < 1.29 is 28.6 Å². The van der Waals surface area contributed by atoms with Crippen molar-refractivity contribution in [2.24, 2.45) is 0 Å². The second kappa shape index (κ2) is 54.7. The number of hydrogen-bond acceptors (Lipinski definition) is 6.